The molecule has 0 aliphatic carbocycles. The van der Waals surface area contributed by atoms with E-state index in [2.05, 4.69) is 19.9 Å². The van der Waals surface area contributed by atoms with Crippen molar-refractivity contribution in [3.8, 4) is 0 Å². The molecule has 11 heteroatoms. The molecule has 0 aromatic heterocycles. The maximum Gasteiger partial charge on any atom is 0.309 e. The van der Waals surface area contributed by atoms with Gasteiger partial charge in [0.05, 0.1) is 30.8 Å². The van der Waals surface area contributed by atoms with Gasteiger partial charge in [-0.05, 0) is 52.1 Å². The van der Waals surface area contributed by atoms with Crippen molar-refractivity contribution < 1.29 is 48.3 Å². The summed E-state index contributed by atoms with van der Waals surface area (Å²) in [5.74, 6) is -1.35. The fourth-order valence-electron chi connectivity index (χ4n) is 5.77. The van der Waals surface area contributed by atoms with Crippen LogP contribution in [0.25, 0.3) is 0 Å². The molecule has 0 amide bonds. The van der Waals surface area contributed by atoms with Gasteiger partial charge in [-0.3, -0.25) is 9.59 Å². The van der Waals surface area contributed by atoms with E-state index in [0.29, 0.717) is 12.8 Å². The van der Waals surface area contributed by atoms with Gasteiger partial charge in [-0.2, -0.15) is 0 Å². The van der Waals surface area contributed by atoms with Crippen molar-refractivity contribution in [2.75, 3.05) is 21.2 Å². The summed E-state index contributed by atoms with van der Waals surface area (Å²) in [6, 6.07) is -0.701. The van der Waals surface area contributed by atoms with E-state index >= 15 is 0 Å². The average molecular weight is 612 g/mol. The monoisotopic (exact) mass is 611 g/mol. The van der Waals surface area contributed by atoms with Gasteiger partial charge in [-0.15, -0.1) is 0 Å². The lowest BCUT2D eigenvalue weighted by atomic mass is 9.80. The lowest BCUT2D eigenvalue weighted by Gasteiger charge is -2.47. The highest BCUT2D eigenvalue weighted by molar-refractivity contribution is 5.72. The smallest absolute Gasteiger partial charge is 0.309 e. The zero-order valence-corrected chi connectivity index (χ0v) is 27.0. The van der Waals surface area contributed by atoms with Crippen LogP contribution in [-0.4, -0.2) is 110 Å². The Morgan fingerprint density at radius 3 is 2.42 bits per heavy atom. The van der Waals surface area contributed by atoms with Gasteiger partial charge in [0.2, 0.25) is 0 Å². The molecule has 11 nitrogen and oxygen atoms in total. The molecular weight excluding hydrogens is 558 g/mol. The Morgan fingerprint density at radius 1 is 1.12 bits per heavy atom. The summed E-state index contributed by atoms with van der Waals surface area (Å²) in [5, 5.41) is 22.1. The second-order valence-corrected chi connectivity index (χ2v) is 12.1. The predicted molar refractivity (Wildman–Crippen MR) is 160 cm³/mol. The summed E-state index contributed by atoms with van der Waals surface area (Å²) in [4.78, 5) is 39.4. The van der Waals surface area contributed by atoms with E-state index in [0.717, 1.165) is 6.29 Å². The summed E-state index contributed by atoms with van der Waals surface area (Å²) < 4.78 is 29.8. The van der Waals surface area contributed by atoms with E-state index < -0.39 is 72.9 Å². The summed E-state index contributed by atoms with van der Waals surface area (Å²) in [5.41, 5.74) is 0. The van der Waals surface area contributed by atoms with Crippen molar-refractivity contribution in [2.24, 2.45) is 17.8 Å². The molecule has 2 heterocycles. The molecule has 43 heavy (non-hydrogen) atoms. The first-order valence-corrected chi connectivity index (χ1v) is 15.4. The highest BCUT2D eigenvalue weighted by atomic mass is 16.7. The normalized spacial score (nSPS) is 38.4. The van der Waals surface area contributed by atoms with Gasteiger partial charge in [0.15, 0.2) is 6.29 Å². The van der Waals surface area contributed by atoms with E-state index in [-0.39, 0.29) is 31.1 Å². The van der Waals surface area contributed by atoms with Gasteiger partial charge >= 0.3 is 11.9 Å². The number of aliphatic hydroxyl groups excluding tert-OH is 2. The Kier molecular flexibility index (Phi) is 15.5. The first-order chi connectivity index (χ1) is 20.3. The van der Waals surface area contributed by atoms with E-state index in [4.69, 9.17) is 23.7 Å². The molecule has 1 fully saturated rings. The molecule has 1 saturated heterocycles. The number of aliphatic hydroxyl groups is 2. The summed E-state index contributed by atoms with van der Waals surface area (Å²) in [7, 11) is 4.90. The highest BCUT2D eigenvalue weighted by Gasteiger charge is 2.48. The molecule has 0 bridgehead atoms. The number of allylic oxidation sites excluding steroid dienone is 3. The van der Waals surface area contributed by atoms with Crippen LogP contribution in [0, 0.1) is 17.8 Å². The van der Waals surface area contributed by atoms with Crippen molar-refractivity contribution in [3.63, 3.8) is 0 Å². The Balaban J connectivity index is 2.63. The summed E-state index contributed by atoms with van der Waals surface area (Å²) in [6.07, 6.45) is 1.93. The average Bonchev–Trinajstić information content (AvgIpc) is 2.94. The van der Waals surface area contributed by atoms with Crippen LogP contribution in [0.4, 0.5) is 0 Å². The standard InChI is InChI=1S/C32H53NO10/c1-9-25(35)42-24-18-26(36)40-21(4)14-12-10-11-13-19(2)20(3)17-23(15-16-34)30(31(24)39-8)43-32-29(38)27(33(6)7)28(37)22(5)41-32/h10-13,16,19-24,27-32,37-38H,9,14-15,17-18H2,1-8H3. The fraction of sp³-hybridized carbons (Fsp3) is 0.781. The molecule has 246 valence electrons. The topological polar surface area (TPSA) is 141 Å². The molecule has 12 unspecified atom stereocenters. The van der Waals surface area contributed by atoms with Crippen molar-refractivity contribution in [1.29, 1.82) is 0 Å². The number of aldehydes is 1. The molecule has 0 saturated carbocycles. The third kappa shape index (κ3) is 10.8. The van der Waals surface area contributed by atoms with Crippen molar-refractivity contribution in [2.45, 2.75) is 122 Å². The van der Waals surface area contributed by atoms with Crippen LogP contribution < -0.4 is 0 Å². The Bertz CT molecular complexity index is 939. The van der Waals surface area contributed by atoms with Crippen molar-refractivity contribution in [3.05, 3.63) is 24.3 Å². The summed E-state index contributed by atoms with van der Waals surface area (Å²) >= 11 is 0. The van der Waals surface area contributed by atoms with Crippen LogP contribution >= 0.6 is 0 Å². The minimum atomic E-state index is -1.26. The number of likely N-dealkylation sites (N-methyl/N-ethyl adjacent to an activating group) is 1. The zero-order chi connectivity index (χ0) is 32.3. The van der Waals surface area contributed by atoms with Crippen LogP contribution in [0.5, 0.6) is 0 Å². The fourth-order valence-corrected chi connectivity index (χ4v) is 5.77. The molecule has 2 N–H and O–H groups in total. The maximum atomic E-state index is 13.1. The second kappa shape index (κ2) is 18.0. The molecule has 2 rings (SSSR count). The number of hydrogen-bond donors (Lipinski definition) is 2. The lowest BCUT2D eigenvalue weighted by Crippen LogP contribution is -2.63. The van der Waals surface area contributed by atoms with Crippen LogP contribution in [-0.2, 0) is 38.1 Å². The Morgan fingerprint density at radius 2 is 1.81 bits per heavy atom. The Hall–Kier alpha value is -2.15. The predicted octanol–water partition coefficient (Wildman–Crippen LogP) is 2.81. The minimum Gasteiger partial charge on any atom is -0.462 e. The van der Waals surface area contributed by atoms with Gasteiger partial charge < -0.3 is 43.6 Å². The van der Waals surface area contributed by atoms with Gasteiger partial charge in [0.1, 0.15) is 30.7 Å². The number of cyclic esters (lactones) is 1. The molecule has 2 aliphatic rings. The summed E-state index contributed by atoms with van der Waals surface area (Å²) in [6.45, 7) is 9.29. The number of esters is 2. The van der Waals surface area contributed by atoms with Crippen LogP contribution in [0.1, 0.15) is 66.7 Å². The van der Waals surface area contributed by atoms with Gasteiger partial charge in [-0.1, -0.05) is 45.1 Å². The second-order valence-electron chi connectivity index (χ2n) is 12.1. The highest BCUT2D eigenvalue weighted by Crippen LogP contribution is 2.34. The third-order valence-electron chi connectivity index (χ3n) is 8.50. The van der Waals surface area contributed by atoms with E-state index in [1.807, 2.05) is 18.2 Å². The Labute approximate surface area is 256 Å². The molecule has 0 aromatic carbocycles. The molecule has 0 spiro atoms. The van der Waals surface area contributed by atoms with Crippen LogP contribution in [0.2, 0.25) is 0 Å². The number of hydrogen-bond acceptors (Lipinski definition) is 11. The van der Waals surface area contributed by atoms with Crippen molar-refractivity contribution >= 4 is 18.2 Å². The lowest BCUT2D eigenvalue weighted by molar-refractivity contribution is -0.309. The third-order valence-corrected chi connectivity index (χ3v) is 8.50. The number of nitrogens with zero attached hydrogens (tertiary/aromatic N) is 1. The first kappa shape index (κ1) is 37.0. The molecule has 0 radical (unpaired) electrons. The number of rotatable bonds is 8. The van der Waals surface area contributed by atoms with E-state index in [9.17, 15) is 24.6 Å². The largest absolute Gasteiger partial charge is 0.462 e. The number of carbonyl (C=O) groups excluding carboxylic acids is 3. The van der Waals surface area contributed by atoms with Crippen LogP contribution in [0.3, 0.4) is 0 Å². The molecule has 12 atom stereocenters. The SMILES string of the molecule is CCC(=O)OC1CC(=O)OC(C)CC=CC=CC(C)C(C)CC(CC=O)C(OC2OC(C)C(O)C(N(C)C)C2O)C1OC. The number of ether oxygens (including phenoxy) is 5. The van der Waals surface area contributed by atoms with E-state index in [1.165, 1.54) is 7.11 Å². The van der Waals surface area contributed by atoms with Gasteiger partial charge in [0.25, 0.3) is 0 Å². The first-order valence-electron chi connectivity index (χ1n) is 15.4. The maximum absolute atomic E-state index is 13.1. The van der Waals surface area contributed by atoms with Crippen molar-refractivity contribution in [1.82, 2.24) is 4.90 Å². The molecule has 2 aliphatic heterocycles. The quantitative estimate of drug-likeness (QED) is 0.309. The zero-order valence-electron chi connectivity index (χ0n) is 27.0. The number of methoxy groups -OCH3 is 1. The van der Waals surface area contributed by atoms with Crippen LogP contribution in [0.15, 0.2) is 24.3 Å². The molecular formula is C32H53NO10. The van der Waals surface area contributed by atoms with Gasteiger partial charge in [-0.25, -0.2) is 0 Å². The minimum absolute atomic E-state index is 0.0672. The molecule has 0 aromatic rings. The van der Waals surface area contributed by atoms with Gasteiger partial charge in [0, 0.05) is 26.4 Å². The van der Waals surface area contributed by atoms with E-state index in [1.54, 1.807) is 39.8 Å². The number of carbonyl (C=O) groups is 3.